The van der Waals surface area contributed by atoms with Crippen molar-refractivity contribution in [3.05, 3.63) is 51.2 Å². The molecule has 3 nitrogen and oxygen atoms in total. The Balaban J connectivity index is 2.07. The van der Waals surface area contributed by atoms with Crippen LogP contribution in [0.1, 0.15) is 15.9 Å². The number of amides is 1. The standard InChI is InChI=1S/C12H11ClN2OS/c13-11-2-1-9(14)5-10(11)12(16)15-6-8-3-4-17-7-8/h1-5,7H,6,14H2,(H,15,16). The fraction of sp³-hybridized carbons (Fsp3) is 0.0833. The molecule has 0 aliphatic carbocycles. The minimum atomic E-state index is -0.214. The predicted octanol–water partition coefficient (Wildman–Crippen LogP) is 2.91. The number of nitrogens with one attached hydrogen (secondary N) is 1. The molecule has 0 radical (unpaired) electrons. The number of carbonyl (C=O) groups excluding carboxylic acids is 1. The number of carbonyl (C=O) groups is 1. The van der Waals surface area contributed by atoms with Crippen molar-refractivity contribution in [1.29, 1.82) is 0 Å². The van der Waals surface area contributed by atoms with Crippen molar-refractivity contribution in [1.82, 2.24) is 5.32 Å². The van der Waals surface area contributed by atoms with Crippen LogP contribution in [0, 0.1) is 0 Å². The second kappa shape index (κ2) is 5.21. The van der Waals surface area contributed by atoms with E-state index in [1.807, 2.05) is 16.8 Å². The molecule has 1 aromatic carbocycles. The summed E-state index contributed by atoms with van der Waals surface area (Å²) in [5, 5.41) is 7.16. The lowest BCUT2D eigenvalue weighted by molar-refractivity contribution is 0.0951. The molecule has 0 saturated heterocycles. The third-order valence-corrected chi connectivity index (χ3v) is 3.33. The Bertz CT molecular complexity index is 525. The largest absolute Gasteiger partial charge is 0.399 e. The lowest BCUT2D eigenvalue weighted by Crippen LogP contribution is -2.23. The highest BCUT2D eigenvalue weighted by molar-refractivity contribution is 7.07. The van der Waals surface area contributed by atoms with Gasteiger partial charge in [-0.3, -0.25) is 4.79 Å². The highest BCUT2D eigenvalue weighted by Gasteiger charge is 2.10. The predicted molar refractivity (Wildman–Crippen MR) is 71.4 cm³/mol. The maximum Gasteiger partial charge on any atom is 0.253 e. The second-order valence-corrected chi connectivity index (χ2v) is 4.74. The molecule has 0 aliphatic heterocycles. The molecule has 0 atom stereocenters. The van der Waals surface area contributed by atoms with Crippen molar-refractivity contribution in [2.24, 2.45) is 0 Å². The van der Waals surface area contributed by atoms with Crippen LogP contribution in [0.2, 0.25) is 5.02 Å². The van der Waals surface area contributed by atoms with Crippen LogP contribution in [0.5, 0.6) is 0 Å². The maximum absolute atomic E-state index is 11.9. The first kappa shape index (κ1) is 12.0. The van der Waals surface area contributed by atoms with Crippen LogP contribution in [-0.2, 0) is 6.54 Å². The monoisotopic (exact) mass is 266 g/mol. The Hall–Kier alpha value is -1.52. The smallest absolute Gasteiger partial charge is 0.253 e. The van der Waals surface area contributed by atoms with E-state index in [0.29, 0.717) is 22.8 Å². The van der Waals surface area contributed by atoms with Gasteiger partial charge in [0.05, 0.1) is 10.6 Å². The van der Waals surface area contributed by atoms with Gasteiger partial charge in [-0.1, -0.05) is 11.6 Å². The van der Waals surface area contributed by atoms with Gasteiger partial charge in [0.15, 0.2) is 0 Å². The molecule has 0 aliphatic rings. The normalized spacial score (nSPS) is 10.2. The number of benzene rings is 1. The summed E-state index contributed by atoms with van der Waals surface area (Å²) in [5.74, 6) is -0.214. The van der Waals surface area contributed by atoms with Gasteiger partial charge in [-0.05, 0) is 40.6 Å². The summed E-state index contributed by atoms with van der Waals surface area (Å²) in [5.41, 5.74) is 7.62. The van der Waals surface area contributed by atoms with Crippen molar-refractivity contribution in [2.75, 3.05) is 5.73 Å². The van der Waals surface area contributed by atoms with Crippen LogP contribution in [0.4, 0.5) is 5.69 Å². The number of anilines is 1. The number of nitrogen functional groups attached to an aromatic ring is 1. The maximum atomic E-state index is 11.9. The number of thiophene rings is 1. The molecule has 3 N–H and O–H groups in total. The summed E-state index contributed by atoms with van der Waals surface area (Å²) in [6.07, 6.45) is 0. The van der Waals surface area contributed by atoms with Crippen molar-refractivity contribution >= 4 is 34.5 Å². The highest BCUT2D eigenvalue weighted by atomic mass is 35.5. The summed E-state index contributed by atoms with van der Waals surface area (Å²) in [4.78, 5) is 11.9. The third-order valence-electron chi connectivity index (χ3n) is 2.27. The second-order valence-electron chi connectivity index (χ2n) is 3.55. The van der Waals surface area contributed by atoms with Gasteiger partial charge in [-0.15, -0.1) is 0 Å². The van der Waals surface area contributed by atoms with E-state index in [0.717, 1.165) is 5.56 Å². The fourth-order valence-electron chi connectivity index (χ4n) is 1.39. The summed E-state index contributed by atoms with van der Waals surface area (Å²) in [6, 6.07) is 6.82. The van der Waals surface area contributed by atoms with Gasteiger partial charge in [0, 0.05) is 12.2 Å². The third kappa shape index (κ3) is 2.99. The molecule has 2 rings (SSSR count). The van der Waals surface area contributed by atoms with Crippen LogP contribution < -0.4 is 11.1 Å². The first-order chi connectivity index (χ1) is 8.16. The van der Waals surface area contributed by atoms with E-state index >= 15 is 0 Å². The molecular weight excluding hydrogens is 256 g/mol. The SMILES string of the molecule is Nc1ccc(Cl)c(C(=O)NCc2ccsc2)c1. The number of hydrogen-bond donors (Lipinski definition) is 2. The highest BCUT2D eigenvalue weighted by Crippen LogP contribution is 2.18. The van der Waals surface area contributed by atoms with Crippen LogP contribution in [-0.4, -0.2) is 5.91 Å². The first-order valence-electron chi connectivity index (χ1n) is 5.01. The Kier molecular flexibility index (Phi) is 3.66. The zero-order valence-corrected chi connectivity index (χ0v) is 10.5. The van der Waals surface area contributed by atoms with Crippen LogP contribution in [0.25, 0.3) is 0 Å². The van der Waals surface area contributed by atoms with Crippen molar-refractivity contribution in [2.45, 2.75) is 6.54 Å². The van der Waals surface area contributed by atoms with Gasteiger partial charge in [-0.25, -0.2) is 0 Å². The Morgan fingerprint density at radius 1 is 1.41 bits per heavy atom. The molecule has 0 saturated carbocycles. The van der Waals surface area contributed by atoms with Crippen molar-refractivity contribution in [3.8, 4) is 0 Å². The average molecular weight is 267 g/mol. The van der Waals surface area contributed by atoms with Gasteiger partial charge >= 0.3 is 0 Å². The summed E-state index contributed by atoms with van der Waals surface area (Å²) >= 11 is 7.53. The quantitative estimate of drug-likeness (QED) is 0.840. The Morgan fingerprint density at radius 2 is 2.24 bits per heavy atom. The van der Waals surface area contributed by atoms with E-state index in [1.54, 1.807) is 29.5 Å². The van der Waals surface area contributed by atoms with Crippen molar-refractivity contribution in [3.63, 3.8) is 0 Å². The Morgan fingerprint density at radius 3 is 2.94 bits per heavy atom. The molecule has 0 spiro atoms. The van der Waals surface area contributed by atoms with Gasteiger partial charge in [0.2, 0.25) is 0 Å². The van der Waals surface area contributed by atoms with Crippen LogP contribution >= 0.6 is 22.9 Å². The lowest BCUT2D eigenvalue weighted by Gasteiger charge is -2.06. The minimum Gasteiger partial charge on any atom is -0.399 e. The number of nitrogens with two attached hydrogens (primary N) is 1. The number of rotatable bonds is 3. The zero-order chi connectivity index (χ0) is 12.3. The Labute approximate surface area is 108 Å². The topological polar surface area (TPSA) is 55.1 Å². The zero-order valence-electron chi connectivity index (χ0n) is 8.94. The first-order valence-corrected chi connectivity index (χ1v) is 6.33. The molecule has 2 aromatic rings. The van der Waals surface area contributed by atoms with Gasteiger partial charge in [-0.2, -0.15) is 11.3 Å². The molecule has 0 bridgehead atoms. The van der Waals surface area contributed by atoms with Gasteiger partial charge in [0.1, 0.15) is 0 Å². The van der Waals surface area contributed by atoms with E-state index < -0.39 is 0 Å². The van der Waals surface area contributed by atoms with E-state index in [2.05, 4.69) is 5.32 Å². The molecule has 88 valence electrons. The van der Waals surface area contributed by atoms with E-state index in [9.17, 15) is 4.79 Å². The molecule has 5 heteroatoms. The average Bonchev–Trinajstić information content (AvgIpc) is 2.82. The summed E-state index contributed by atoms with van der Waals surface area (Å²) in [6.45, 7) is 0.494. The van der Waals surface area contributed by atoms with E-state index in [4.69, 9.17) is 17.3 Å². The summed E-state index contributed by atoms with van der Waals surface area (Å²) < 4.78 is 0. The van der Waals surface area contributed by atoms with E-state index in [1.165, 1.54) is 0 Å². The van der Waals surface area contributed by atoms with Crippen molar-refractivity contribution < 1.29 is 4.79 Å². The molecule has 1 amide bonds. The number of halogens is 1. The molecule has 1 heterocycles. The minimum absolute atomic E-state index is 0.214. The lowest BCUT2D eigenvalue weighted by atomic mass is 10.2. The molecule has 1 aromatic heterocycles. The summed E-state index contributed by atoms with van der Waals surface area (Å²) in [7, 11) is 0. The molecule has 0 fully saturated rings. The molecule has 0 unspecified atom stereocenters. The van der Waals surface area contributed by atoms with Crippen LogP contribution in [0.3, 0.4) is 0 Å². The molecule has 17 heavy (non-hydrogen) atoms. The van der Waals surface area contributed by atoms with Gasteiger partial charge < -0.3 is 11.1 Å². The number of hydrogen-bond acceptors (Lipinski definition) is 3. The van der Waals surface area contributed by atoms with Crippen LogP contribution in [0.15, 0.2) is 35.0 Å². The fourth-order valence-corrected chi connectivity index (χ4v) is 2.26. The van der Waals surface area contributed by atoms with Gasteiger partial charge in [0.25, 0.3) is 5.91 Å². The van der Waals surface area contributed by atoms with E-state index in [-0.39, 0.29) is 5.91 Å². The molecular formula is C12H11ClN2OS.